The predicted octanol–water partition coefficient (Wildman–Crippen LogP) is 9.36. The molecule has 2 aromatic rings. The first-order chi connectivity index (χ1) is 17.2. The van der Waals surface area contributed by atoms with Crippen molar-refractivity contribution < 1.29 is 14.2 Å². The Morgan fingerprint density at radius 3 is 2.00 bits per heavy atom. The third kappa shape index (κ3) is 9.97. The van der Waals surface area contributed by atoms with E-state index in [-0.39, 0.29) is 6.29 Å². The van der Waals surface area contributed by atoms with Crippen molar-refractivity contribution in [2.45, 2.75) is 97.7 Å². The van der Waals surface area contributed by atoms with Crippen LogP contribution in [0.2, 0.25) is 0 Å². The molecule has 194 valence electrons. The van der Waals surface area contributed by atoms with Crippen molar-refractivity contribution in [2.24, 2.45) is 11.8 Å². The Labute approximate surface area is 214 Å². The van der Waals surface area contributed by atoms with E-state index in [1.807, 2.05) is 0 Å². The van der Waals surface area contributed by atoms with Crippen LogP contribution in [0.4, 0.5) is 0 Å². The van der Waals surface area contributed by atoms with Crippen LogP contribution in [0.15, 0.2) is 48.5 Å². The lowest BCUT2D eigenvalue weighted by atomic mass is 10.00. The summed E-state index contributed by atoms with van der Waals surface area (Å²) in [5.41, 5.74) is 3.50. The summed E-state index contributed by atoms with van der Waals surface area (Å²) in [6.45, 7) is 9.24. The van der Waals surface area contributed by atoms with Crippen molar-refractivity contribution in [1.29, 1.82) is 0 Å². The standard InChI is InChI=1S/C32H48O3/c1-4-6-7-8-9-10-11-14-27-24-34-32(35-25-27)30-17-15-28(16-18-30)29-19-21-31(22-20-29)33-23-12-13-26(3)5-2/h15-22,26-27,32H,4-14,23-25H2,1-3H3/t26-,27-,32-/m0/s1. The first-order valence-electron chi connectivity index (χ1n) is 14.3. The highest BCUT2D eigenvalue weighted by Crippen LogP contribution is 2.30. The Morgan fingerprint density at radius 1 is 0.771 bits per heavy atom. The molecule has 0 bridgehead atoms. The lowest BCUT2D eigenvalue weighted by Gasteiger charge is -2.29. The van der Waals surface area contributed by atoms with E-state index in [0.717, 1.165) is 43.5 Å². The van der Waals surface area contributed by atoms with Crippen LogP contribution in [0.25, 0.3) is 11.1 Å². The summed E-state index contributed by atoms with van der Waals surface area (Å²) in [6.07, 6.45) is 14.1. The smallest absolute Gasteiger partial charge is 0.183 e. The topological polar surface area (TPSA) is 27.7 Å². The van der Waals surface area contributed by atoms with Gasteiger partial charge in [-0.25, -0.2) is 0 Å². The molecule has 1 heterocycles. The van der Waals surface area contributed by atoms with Gasteiger partial charge in [-0.1, -0.05) is 109 Å². The average molecular weight is 481 g/mol. The molecule has 0 aromatic heterocycles. The molecule has 0 N–H and O–H groups in total. The fourth-order valence-electron chi connectivity index (χ4n) is 4.69. The van der Waals surface area contributed by atoms with Gasteiger partial charge in [-0.2, -0.15) is 0 Å². The second kappa shape index (κ2) is 16.0. The second-order valence-electron chi connectivity index (χ2n) is 10.4. The van der Waals surface area contributed by atoms with Gasteiger partial charge in [0.15, 0.2) is 6.29 Å². The first-order valence-corrected chi connectivity index (χ1v) is 14.3. The quantitative estimate of drug-likeness (QED) is 0.224. The van der Waals surface area contributed by atoms with E-state index < -0.39 is 0 Å². The Bertz CT molecular complexity index is 791. The number of benzene rings is 2. The minimum Gasteiger partial charge on any atom is -0.494 e. The normalized spacial score (nSPS) is 18.9. The van der Waals surface area contributed by atoms with Crippen LogP contribution in [-0.2, 0) is 9.47 Å². The molecule has 0 unspecified atom stereocenters. The van der Waals surface area contributed by atoms with Crippen LogP contribution in [0.5, 0.6) is 5.75 Å². The van der Waals surface area contributed by atoms with Crippen molar-refractivity contribution in [3.05, 3.63) is 54.1 Å². The van der Waals surface area contributed by atoms with Crippen molar-refractivity contribution in [3.63, 3.8) is 0 Å². The van der Waals surface area contributed by atoms with E-state index in [1.54, 1.807) is 0 Å². The largest absolute Gasteiger partial charge is 0.494 e. The van der Waals surface area contributed by atoms with Gasteiger partial charge in [0.2, 0.25) is 0 Å². The monoisotopic (exact) mass is 480 g/mol. The maximum atomic E-state index is 6.08. The molecule has 3 rings (SSSR count). The molecule has 3 nitrogen and oxygen atoms in total. The average Bonchev–Trinajstić information content (AvgIpc) is 2.91. The van der Waals surface area contributed by atoms with Crippen LogP contribution in [0.3, 0.4) is 0 Å². The van der Waals surface area contributed by atoms with Gasteiger partial charge >= 0.3 is 0 Å². The third-order valence-electron chi connectivity index (χ3n) is 7.36. The van der Waals surface area contributed by atoms with E-state index in [9.17, 15) is 0 Å². The zero-order valence-electron chi connectivity index (χ0n) is 22.5. The molecule has 1 fully saturated rings. The second-order valence-corrected chi connectivity index (χ2v) is 10.4. The van der Waals surface area contributed by atoms with E-state index in [0.29, 0.717) is 5.92 Å². The highest BCUT2D eigenvalue weighted by Gasteiger charge is 2.23. The third-order valence-corrected chi connectivity index (χ3v) is 7.36. The van der Waals surface area contributed by atoms with Gasteiger partial charge in [-0.05, 0) is 48.4 Å². The summed E-state index contributed by atoms with van der Waals surface area (Å²) < 4.78 is 18.1. The molecule has 0 spiro atoms. The summed E-state index contributed by atoms with van der Waals surface area (Å²) in [7, 11) is 0. The molecule has 1 aliphatic heterocycles. The van der Waals surface area contributed by atoms with Crippen LogP contribution in [-0.4, -0.2) is 19.8 Å². The maximum absolute atomic E-state index is 6.08. The Hall–Kier alpha value is -1.84. The van der Waals surface area contributed by atoms with Crippen molar-refractivity contribution in [1.82, 2.24) is 0 Å². The molecule has 1 atom stereocenters. The molecule has 35 heavy (non-hydrogen) atoms. The van der Waals surface area contributed by atoms with Gasteiger partial charge < -0.3 is 14.2 Å². The molecule has 2 aromatic carbocycles. The zero-order valence-corrected chi connectivity index (χ0v) is 22.5. The lowest BCUT2D eigenvalue weighted by Crippen LogP contribution is -2.27. The summed E-state index contributed by atoms with van der Waals surface area (Å²) in [4.78, 5) is 0. The van der Waals surface area contributed by atoms with Crippen LogP contribution < -0.4 is 4.74 Å². The summed E-state index contributed by atoms with van der Waals surface area (Å²) in [5, 5.41) is 0. The van der Waals surface area contributed by atoms with Crippen molar-refractivity contribution in [2.75, 3.05) is 19.8 Å². The fraction of sp³-hybridized carbons (Fsp3) is 0.625. The van der Waals surface area contributed by atoms with Gasteiger partial charge in [0.25, 0.3) is 0 Å². The number of ether oxygens (including phenoxy) is 3. The first kappa shape index (κ1) is 27.7. The summed E-state index contributed by atoms with van der Waals surface area (Å²) in [6, 6.07) is 17.0. The summed E-state index contributed by atoms with van der Waals surface area (Å²) >= 11 is 0. The van der Waals surface area contributed by atoms with Crippen LogP contribution in [0, 0.1) is 11.8 Å². The van der Waals surface area contributed by atoms with E-state index >= 15 is 0 Å². The van der Waals surface area contributed by atoms with Crippen LogP contribution in [0.1, 0.15) is 103 Å². The highest BCUT2D eigenvalue weighted by atomic mass is 16.7. The SMILES string of the molecule is CCCCCCCCC[C@H]1CO[C@H](c2ccc(-c3ccc(OCCC[C@@H](C)CC)cc3)cc2)OC1. The lowest BCUT2D eigenvalue weighted by molar-refractivity contribution is -0.206. The zero-order chi connectivity index (χ0) is 24.7. The van der Waals surface area contributed by atoms with E-state index in [1.165, 1.54) is 75.3 Å². The molecule has 1 saturated heterocycles. The molecule has 0 amide bonds. The van der Waals surface area contributed by atoms with Gasteiger partial charge in [-0.3, -0.25) is 0 Å². The minimum atomic E-state index is -0.236. The number of hydrogen-bond donors (Lipinski definition) is 0. The predicted molar refractivity (Wildman–Crippen MR) is 147 cm³/mol. The number of rotatable bonds is 16. The molecule has 0 saturated carbocycles. The minimum absolute atomic E-state index is 0.236. The molecule has 3 heteroatoms. The molecule has 1 aliphatic rings. The summed E-state index contributed by atoms with van der Waals surface area (Å²) in [5.74, 6) is 2.27. The van der Waals surface area contributed by atoms with Gasteiger partial charge in [0.05, 0.1) is 19.8 Å². The van der Waals surface area contributed by atoms with Gasteiger partial charge in [0, 0.05) is 11.5 Å². The maximum Gasteiger partial charge on any atom is 0.183 e. The molecular weight excluding hydrogens is 432 g/mol. The van der Waals surface area contributed by atoms with E-state index in [2.05, 4.69) is 69.3 Å². The number of unbranched alkanes of at least 4 members (excludes halogenated alkanes) is 6. The van der Waals surface area contributed by atoms with Crippen molar-refractivity contribution >= 4 is 0 Å². The molecule has 0 aliphatic carbocycles. The Balaban J connectivity index is 1.36. The van der Waals surface area contributed by atoms with Gasteiger partial charge in [0.1, 0.15) is 5.75 Å². The van der Waals surface area contributed by atoms with Crippen LogP contribution >= 0.6 is 0 Å². The number of hydrogen-bond acceptors (Lipinski definition) is 3. The van der Waals surface area contributed by atoms with Crippen molar-refractivity contribution in [3.8, 4) is 16.9 Å². The van der Waals surface area contributed by atoms with E-state index in [4.69, 9.17) is 14.2 Å². The fourth-order valence-corrected chi connectivity index (χ4v) is 4.69. The molecule has 0 radical (unpaired) electrons. The Kier molecular flexibility index (Phi) is 12.7. The molecular formula is C32H48O3. The Morgan fingerprint density at radius 2 is 1.37 bits per heavy atom. The van der Waals surface area contributed by atoms with Gasteiger partial charge in [-0.15, -0.1) is 0 Å². The highest BCUT2D eigenvalue weighted by molar-refractivity contribution is 5.64.